The van der Waals surface area contributed by atoms with Crippen LogP contribution < -0.4 is 14.4 Å². The average molecular weight is 725 g/mol. The van der Waals surface area contributed by atoms with Crippen LogP contribution in [0, 0.1) is 11.8 Å². The number of fused-ring (bicyclic) bond motifs is 4. The smallest absolute Gasteiger partial charge is 0.264 e. The summed E-state index contributed by atoms with van der Waals surface area (Å²) in [7, 11) is -2.31. The SMILES string of the molecule is CN1CC=C[C@H](OCCN2CCCCC2)[C@@H]2CC[C@H]2CN2C[C@@]3(CCCc4cc(Cl)ccc43)COc3ccc(cc32)S(=O)(=O)NC(=O)C1(C)C. The maximum atomic E-state index is 13.8. The largest absolute Gasteiger partial charge is 0.490 e. The first-order valence-electron chi connectivity index (χ1n) is 18.6. The van der Waals surface area contributed by atoms with Gasteiger partial charge in [-0.1, -0.05) is 36.2 Å². The summed E-state index contributed by atoms with van der Waals surface area (Å²) in [6.45, 7) is 9.85. The molecule has 2 aromatic rings. The van der Waals surface area contributed by atoms with Crippen LogP contribution in [0.2, 0.25) is 5.02 Å². The van der Waals surface area contributed by atoms with Crippen LogP contribution in [-0.4, -0.2) is 95.3 Å². The van der Waals surface area contributed by atoms with Gasteiger partial charge >= 0.3 is 0 Å². The number of hydrogen-bond acceptors (Lipinski definition) is 8. The van der Waals surface area contributed by atoms with Crippen LogP contribution in [0.15, 0.2) is 53.4 Å². The molecule has 272 valence electrons. The number of anilines is 1. The van der Waals surface area contributed by atoms with E-state index in [1.165, 1.54) is 30.4 Å². The van der Waals surface area contributed by atoms with E-state index in [1.54, 1.807) is 32.0 Å². The van der Waals surface area contributed by atoms with E-state index in [4.69, 9.17) is 21.1 Å². The summed E-state index contributed by atoms with van der Waals surface area (Å²) in [5, 5.41) is 0.742. The lowest BCUT2D eigenvalue weighted by atomic mass is 9.68. The maximum Gasteiger partial charge on any atom is 0.264 e. The van der Waals surface area contributed by atoms with Crippen LogP contribution in [0.1, 0.15) is 69.9 Å². The van der Waals surface area contributed by atoms with E-state index in [2.05, 4.69) is 38.8 Å². The molecule has 1 N–H and O–H groups in total. The van der Waals surface area contributed by atoms with Gasteiger partial charge in [-0.15, -0.1) is 0 Å². The molecule has 0 radical (unpaired) electrons. The third kappa shape index (κ3) is 7.20. The number of aryl methyl sites for hydroxylation is 1. The standard InChI is InChI=1S/C39H53ClN4O5S/c1-38(2)37(45)41-50(46,47)31-13-16-36-34(24-31)44(26-39(27-49-36)17-7-9-28-23-30(40)12-15-33(28)39)25-29-11-14-32(29)35(10-8-18-42(38)3)48-22-21-43-19-5-4-6-20-43/h8,10,12-13,15-16,23-24,29,32,35H,4-7,9,11,14,17-22,25-27H2,1-3H3,(H,41,45)/t29-,32+,35-,39-/m0/s1. The minimum atomic E-state index is -4.16. The average Bonchev–Trinajstić information content (AvgIpc) is 3.23. The zero-order valence-corrected chi connectivity index (χ0v) is 31.4. The normalized spacial score (nSPS) is 30.0. The number of nitrogens with zero attached hydrogens (tertiary/aromatic N) is 3. The number of ether oxygens (including phenoxy) is 2. The predicted octanol–water partition coefficient (Wildman–Crippen LogP) is 5.80. The lowest BCUT2D eigenvalue weighted by Crippen LogP contribution is -2.54. The maximum absolute atomic E-state index is 13.8. The molecule has 3 aliphatic heterocycles. The molecule has 11 heteroatoms. The van der Waals surface area contributed by atoms with Crippen molar-refractivity contribution in [2.75, 3.05) is 64.4 Å². The first kappa shape index (κ1) is 35.8. The lowest BCUT2D eigenvalue weighted by Gasteiger charge is -2.46. The quantitative estimate of drug-likeness (QED) is 0.397. The molecule has 2 aliphatic carbocycles. The Kier molecular flexibility index (Phi) is 10.3. The van der Waals surface area contributed by atoms with Crippen molar-refractivity contribution in [3.63, 3.8) is 0 Å². The van der Waals surface area contributed by atoms with Crippen LogP contribution in [0.4, 0.5) is 5.69 Å². The fraction of sp³-hybridized carbons (Fsp3) is 0.615. The predicted molar refractivity (Wildman–Crippen MR) is 198 cm³/mol. The Morgan fingerprint density at radius 2 is 1.88 bits per heavy atom. The van der Waals surface area contributed by atoms with E-state index in [0.29, 0.717) is 43.9 Å². The van der Waals surface area contributed by atoms with Gasteiger partial charge in [0, 0.05) is 36.6 Å². The second-order valence-corrected chi connectivity index (χ2v) is 17.9. The molecule has 7 rings (SSSR count). The molecule has 9 nitrogen and oxygen atoms in total. The Morgan fingerprint density at radius 1 is 1.06 bits per heavy atom. The van der Waals surface area contributed by atoms with Crippen molar-refractivity contribution in [2.45, 2.75) is 87.2 Å². The van der Waals surface area contributed by atoms with Crippen molar-refractivity contribution in [2.24, 2.45) is 11.8 Å². The number of likely N-dealkylation sites (N-methyl/N-ethyl adjacent to an activating group) is 1. The van der Waals surface area contributed by atoms with E-state index >= 15 is 0 Å². The van der Waals surface area contributed by atoms with E-state index in [0.717, 1.165) is 69.0 Å². The molecule has 1 amide bonds. The Hall–Kier alpha value is -2.63. The number of piperidine rings is 1. The molecule has 5 aliphatic rings. The highest BCUT2D eigenvalue weighted by atomic mass is 35.5. The highest BCUT2D eigenvalue weighted by Gasteiger charge is 2.45. The second-order valence-electron chi connectivity index (χ2n) is 15.8. The molecule has 2 bridgehead atoms. The molecular weight excluding hydrogens is 672 g/mol. The van der Waals surface area contributed by atoms with Crippen LogP contribution in [0.3, 0.4) is 0 Å². The van der Waals surface area contributed by atoms with Crippen LogP contribution in [0.25, 0.3) is 0 Å². The van der Waals surface area contributed by atoms with Crippen molar-refractivity contribution in [1.29, 1.82) is 0 Å². The third-order valence-electron chi connectivity index (χ3n) is 12.3. The van der Waals surface area contributed by atoms with Crippen LogP contribution in [0.5, 0.6) is 5.75 Å². The van der Waals surface area contributed by atoms with Gasteiger partial charge in [-0.25, -0.2) is 13.1 Å². The van der Waals surface area contributed by atoms with Crippen molar-refractivity contribution in [3.05, 3.63) is 64.7 Å². The number of amides is 1. The first-order valence-corrected chi connectivity index (χ1v) is 20.4. The van der Waals surface area contributed by atoms with Crippen LogP contribution in [-0.2, 0) is 31.4 Å². The molecule has 50 heavy (non-hydrogen) atoms. The van der Waals surface area contributed by atoms with E-state index in [9.17, 15) is 13.2 Å². The number of carbonyl (C=O) groups excluding carboxylic acids is 1. The van der Waals surface area contributed by atoms with Crippen molar-refractivity contribution in [1.82, 2.24) is 14.5 Å². The molecule has 0 unspecified atom stereocenters. The molecule has 3 heterocycles. The van der Waals surface area contributed by atoms with E-state index in [-0.39, 0.29) is 16.4 Å². The van der Waals surface area contributed by atoms with Gasteiger partial charge in [-0.3, -0.25) is 9.69 Å². The summed E-state index contributed by atoms with van der Waals surface area (Å²) in [6, 6.07) is 11.3. The molecule has 0 aromatic heterocycles. The monoisotopic (exact) mass is 724 g/mol. The fourth-order valence-electron chi connectivity index (χ4n) is 8.68. The number of nitrogens with one attached hydrogen (secondary N) is 1. The zero-order valence-electron chi connectivity index (χ0n) is 29.8. The van der Waals surface area contributed by atoms with Gasteiger partial charge in [-0.05, 0) is 132 Å². The van der Waals surface area contributed by atoms with Crippen molar-refractivity contribution in [3.8, 4) is 5.75 Å². The second kappa shape index (κ2) is 14.4. The summed E-state index contributed by atoms with van der Waals surface area (Å²) in [5.41, 5.74) is 1.93. The van der Waals surface area contributed by atoms with Gasteiger partial charge in [0.25, 0.3) is 15.9 Å². The van der Waals surface area contributed by atoms with Gasteiger partial charge in [0.2, 0.25) is 0 Å². The van der Waals surface area contributed by atoms with Crippen molar-refractivity contribution >= 4 is 33.2 Å². The minimum Gasteiger partial charge on any atom is -0.490 e. The van der Waals surface area contributed by atoms with Gasteiger partial charge < -0.3 is 19.3 Å². The zero-order chi connectivity index (χ0) is 35.1. The summed E-state index contributed by atoms with van der Waals surface area (Å²) in [6.07, 6.45) is 13.2. The van der Waals surface area contributed by atoms with Gasteiger partial charge in [0.05, 0.1) is 35.4 Å². The van der Waals surface area contributed by atoms with Crippen LogP contribution >= 0.6 is 11.6 Å². The Morgan fingerprint density at radius 3 is 2.66 bits per heavy atom. The fourth-order valence-corrected chi connectivity index (χ4v) is 10.0. The molecule has 1 saturated carbocycles. The summed E-state index contributed by atoms with van der Waals surface area (Å²) < 4.78 is 43.4. The number of benzene rings is 2. The number of sulfonamides is 1. The number of likely N-dealkylation sites (tertiary alicyclic amines) is 1. The van der Waals surface area contributed by atoms with Gasteiger partial charge in [0.15, 0.2) is 0 Å². The molecule has 4 atom stereocenters. The lowest BCUT2D eigenvalue weighted by molar-refractivity contribution is -0.128. The number of rotatable bonds is 4. The number of hydrogen-bond donors (Lipinski definition) is 1. The van der Waals surface area contributed by atoms with E-state index < -0.39 is 21.5 Å². The number of halogens is 1. The first-order chi connectivity index (χ1) is 23.9. The van der Waals surface area contributed by atoms with Gasteiger partial charge in [-0.2, -0.15) is 0 Å². The molecule has 2 aromatic carbocycles. The molecule has 1 spiro atoms. The summed E-state index contributed by atoms with van der Waals surface area (Å²) in [5.74, 6) is 0.779. The third-order valence-corrected chi connectivity index (χ3v) is 13.8. The number of carbonyl (C=O) groups is 1. The molecule has 2 fully saturated rings. The Labute approximate surface area is 303 Å². The molecular formula is C39H53ClN4O5S. The van der Waals surface area contributed by atoms with E-state index in [1.807, 2.05) is 18.0 Å². The summed E-state index contributed by atoms with van der Waals surface area (Å²) in [4.78, 5) is 20.4. The minimum absolute atomic E-state index is 0.0438. The highest BCUT2D eigenvalue weighted by Crippen LogP contribution is 2.47. The van der Waals surface area contributed by atoms with Gasteiger partial charge in [0.1, 0.15) is 5.75 Å². The highest BCUT2D eigenvalue weighted by molar-refractivity contribution is 7.90. The summed E-state index contributed by atoms with van der Waals surface area (Å²) >= 11 is 6.47. The Bertz CT molecular complexity index is 1710. The Balaban J connectivity index is 1.25. The topological polar surface area (TPSA) is 91.4 Å². The van der Waals surface area contributed by atoms with Crippen molar-refractivity contribution < 1.29 is 22.7 Å². The molecule has 1 saturated heterocycles.